The van der Waals surface area contributed by atoms with Gasteiger partial charge in [0.1, 0.15) is 11.5 Å². The molecule has 2 aliphatic carbocycles. The van der Waals surface area contributed by atoms with Gasteiger partial charge in [0.25, 0.3) is 0 Å². The Kier molecular flexibility index (Phi) is 3.34. The van der Waals surface area contributed by atoms with Crippen molar-refractivity contribution in [3.05, 3.63) is 18.2 Å². The third kappa shape index (κ3) is 2.01. The molecule has 1 aromatic rings. The van der Waals surface area contributed by atoms with E-state index in [1.807, 2.05) is 18.2 Å². The summed E-state index contributed by atoms with van der Waals surface area (Å²) in [6, 6.07) is 6.46. The van der Waals surface area contributed by atoms with Crippen LogP contribution in [0.5, 0.6) is 11.5 Å². The number of nitrogens with one attached hydrogen (secondary N) is 1. The van der Waals surface area contributed by atoms with Crippen LogP contribution >= 0.6 is 0 Å². The first-order valence-electron chi connectivity index (χ1n) is 7.91. The van der Waals surface area contributed by atoms with Crippen molar-refractivity contribution in [3.8, 4) is 11.5 Å². The second kappa shape index (κ2) is 4.82. The maximum Gasteiger partial charge on any atom is 0.142 e. The van der Waals surface area contributed by atoms with E-state index in [0.29, 0.717) is 16.9 Å². The summed E-state index contributed by atoms with van der Waals surface area (Å²) >= 11 is 0. The summed E-state index contributed by atoms with van der Waals surface area (Å²) in [7, 11) is 3.42. The molecule has 0 aromatic heterocycles. The van der Waals surface area contributed by atoms with E-state index in [9.17, 15) is 0 Å². The molecular weight excluding hydrogens is 262 g/mol. The summed E-state index contributed by atoms with van der Waals surface area (Å²) in [5.74, 6) is 2.59. The maximum atomic E-state index is 5.50. The van der Waals surface area contributed by atoms with Crippen molar-refractivity contribution in [2.75, 3.05) is 19.5 Å². The molecule has 0 aliphatic heterocycles. The van der Waals surface area contributed by atoms with Gasteiger partial charge in [0.15, 0.2) is 0 Å². The molecule has 2 aliphatic rings. The Morgan fingerprint density at radius 1 is 1.14 bits per heavy atom. The third-order valence-electron chi connectivity index (χ3n) is 6.53. The van der Waals surface area contributed by atoms with Crippen LogP contribution in [0.25, 0.3) is 0 Å². The molecule has 3 atom stereocenters. The largest absolute Gasteiger partial charge is 0.497 e. The Balaban J connectivity index is 1.88. The molecule has 2 fully saturated rings. The zero-order valence-corrected chi connectivity index (χ0v) is 13.8. The first-order chi connectivity index (χ1) is 9.92. The molecule has 0 amide bonds. The quantitative estimate of drug-likeness (QED) is 0.895. The van der Waals surface area contributed by atoms with E-state index in [2.05, 4.69) is 26.1 Å². The predicted molar refractivity (Wildman–Crippen MR) is 86.2 cm³/mol. The minimum atomic E-state index is 0.353. The molecule has 1 N–H and O–H groups in total. The molecule has 3 rings (SSSR count). The second-order valence-corrected chi connectivity index (χ2v) is 7.37. The average Bonchev–Trinajstić information content (AvgIpc) is 2.80. The van der Waals surface area contributed by atoms with E-state index in [0.717, 1.165) is 23.1 Å². The van der Waals surface area contributed by atoms with Gasteiger partial charge in [0.2, 0.25) is 0 Å². The van der Waals surface area contributed by atoms with E-state index in [4.69, 9.17) is 9.47 Å². The highest BCUT2D eigenvalue weighted by Gasteiger charge is 2.61. The van der Waals surface area contributed by atoms with Crippen LogP contribution in [0, 0.1) is 16.7 Å². The van der Waals surface area contributed by atoms with Gasteiger partial charge >= 0.3 is 0 Å². The summed E-state index contributed by atoms with van der Waals surface area (Å²) in [5, 5.41) is 3.76. The third-order valence-corrected chi connectivity index (χ3v) is 6.53. The highest BCUT2D eigenvalue weighted by atomic mass is 16.5. The molecule has 2 bridgehead atoms. The van der Waals surface area contributed by atoms with Crippen LogP contribution < -0.4 is 14.8 Å². The van der Waals surface area contributed by atoms with Gasteiger partial charge in [0.05, 0.1) is 19.9 Å². The van der Waals surface area contributed by atoms with Gasteiger partial charge in [-0.1, -0.05) is 20.8 Å². The van der Waals surface area contributed by atoms with Crippen molar-refractivity contribution < 1.29 is 9.47 Å². The molecular formula is C18H27NO2. The lowest BCUT2D eigenvalue weighted by molar-refractivity contribution is 0.142. The Labute approximate surface area is 128 Å². The number of rotatable bonds is 4. The van der Waals surface area contributed by atoms with Crippen molar-refractivity contribution in [3.63, 3.8) is 0 Å². The van der Waals surface area contributed by atoms with Crippen molar-refractivity contribution in [2.45, 2.75) is 46.1 Å². The van der Waals surface area contributed by atoms with Crippen LogP contribution in [-0.4, -0.2) is 20.3 Å². The number of hydrogen-bond donors (Lipinski definition) is 1. The Bertz CT molecular complexity index is 540. The summed E-state index contributed by atoms with van der Waals surface area (Å²) in [4.78, 5) is 0. The molecule has 0 spiro atoms. The molecule has 0 saturated heterocycles. The van der Waals surface area contributed by atoms with E-state index >= 15 is 0 Å². The molecule has 0 heterocycles. The Morgan fingerprint density at radius 2 is 1.90 bits per heavy atom. The number of ether oxygens (including phenoxy) is 2. The first kappa shape index (κ1) is 14.6. The molecule has 3 heteroatoms. The fourth-order valence-electron chi connectivity index (χ4n) is 4.54. The van der Waals surface area contributed by atoms with Crippen LogP contribution in [0.2, 0.25) is 0 Å². The molecule has 116 valence electrons. The summed E-state index contributed by atoms with van der Waals surface area (Å²) in [5.41, 5.74) is 1.81. The zero-order chi connectivity index (χ0) is 15.3. The zero-order valence-electron chi connectivity index (χ0n) is 13.8. The highest BCUT2D eigenvalue weighted by molar-refractivity contribution is 5.60. The van der Waals surface area contributed by atoms with Crippen LogP contribution in [-0.2, 0) is 0 Å². The van der Waals surface area contributed by atoms with Gasteiger partial charge in [-0.05, 0) is 48.1 Å². The summed E-state index contributed by atoms with van der Waals surface area (Å²) < 4.78 is 10.9. The summed E-state index contributed by atoms with van der Waals surface area (Å²) in [6.45, 7) is 7.33. The standard InChI is InChI=1S/C18H27NO2/c1-17(2)12-8-9-18(17,3)16(10-12)19-14-11-13(20-4)6-7-15(14)21-5/h6-7,11-12,16,19H,8-10H2,1-5H3. The normalized spacial score (nSPS) is 33.0. The smallest absolute Gasteiger partial charge is 0.142 e. The minimum absolute atomic E-state index is 0.353. The van der Waals surface area contributed by atoms with Gasteiger partial charge in [0, 0.05) is 12.1 Å². The van der Waals surface area contributed by atoms with Gasteiger partial charge in [-0.15, -0.1) is 0 Å². The lowest BCUT2D eigenvalue weighted by Crippen LogP contribution is -2.40. The number of fused-ring (bicyclic) bond motifs is 2. The average molecular weight is 289 g/mol. The molecule has 0 radical (unpaired) electrons. The van der Waals surface area contributed by atoms with Crippen molar-refractivity contribution >= 4 is 5.69 Å². The fraction of sp³-hybridized carbons (Fsp3) is 0.667. The van der Waals surface area contributed by atoms with Crippen molar-refractivity contribution in [1.82, 2.24) is 0 Å². The van der Waals surface area contributed by atoms with Crippen LogP contribution in [0.1, 0.15) is 40.0 Å². The number of methoxy groups -OCH3 is 2. The molecule has 21 heavy (non-hydrogen) atoms. The lowest BCUT2D eigenvalue weighted by Gasteiger charge is -2.40. The van der Waals surface area contributed by atoms with Crippen molar-refractivity contribution in [2.24, 2.45) is 16.7 Å². The van der Waals surface area contributed by atoms with Gasteiger partial charge in [-0.2, -0.15) is 0 Å². The van der Waals surface area contributed by atoms with E-state index in [1.54, 1.807) is 14.2 Å². The monoisotopic (exact) mass is 289 g/mol. The van der Waals surface area contributed by atoms with Crippen LogP contribution in [0.15, 0.2) is 18.2 Å². The minimum Gasteiger partial charge on any atom is -0.497 e. The first-order valence-corrected chi connectivity index (χ1v) is 7.91. The fourth-order valence-corrected chi connectivity index (χ4v) is 4.54. The van der Waals surface area contributed by atoms with E-state index < -0.39 is 0 Å². The predicted octanol–water partition coefficient (Wildman–Crippen LogP) is 4.33. The van der Waals surface area contributed by atoms with Gasteiger partial charge in [-0.3, -0.25) is 0 Å². The molecule has 3 nitrogen and oxygen atoms in total. The highest BCUT2D eigenvalue weighted by Crippen LogP contribution is 2.66. The number of benzene rings is 1. The SMILES string of the molecule is COc1ccc(OC)c(NC2CC3CCC2(C)C3(C)C)c1. The lowest BCUT2D eigenvalue weighted by atomic mass is 9.69. The number of anilines is 1. The van der Waals surface area contributed by atoms with Crippen LogP contribution in [0.3, 0.4) is 0 Å². The maximum absolute atomic E-state index is 5.50. The second-order valence-electron chi connectivity index (χ2n) is 7.37. The van der Waals surface area contributed by atoms with Gasteiger partial charge in [-0.25, -0.2) is 0 Å². The van der Waals surface area contributed by atoms with E-state index in [-0.39, 0.29) is 0 Å². The van der Waals surface area contributed by atoms with Gasteiger partial charge < -0.3 is 14.8 Å². The van der Waals surface area contributed by atoms with Crippen molar-refractivity contribution in [1.29, 1.82) is 0 Å². The molecule has 3 unspecified atom stereocenters. The number of hydrogen-bond acceptors (Lipinski definition) is 3. The Hall–Kier alpha value is -1.38. The Morgan fingerprint density at radius 3 is 2.43 bits per heavy atom. The molecule has 1 aromatic carbocycles. The van der Waals surface area contributed by atoms with E-state index in [1.165, 1.54) is 19.3 Å². The topological polar surface area (TPSA) is 30.5 Å². The summed E-state index contributed by atoms with van der Waals surface area (Å²) in [6.07, 6.45) is 3.94. The van der Waals surface area contributed by atoms with Crippen LogP contribution in [0.4, 0.5) is 5.69 Å². The molecule has 2 saturated carbocycles.